The summed E-state index contributed by atoms with van der Waals surface area (Å²) in [6.07, 6.45) is 2.42. The molecule has 0 amide bonds. The maximum atomic E-state index is 12.1. The van der Waals surface area contributed by atoms with Crippen molar-refractivity contribution in [1.29, 1.82) is 0 Å². The van der Waals surface area contributed by atoms with Gasteiger partial charge < -0.3 is 10.2 Å². The molecule has 1 aromatic heterocycles. The summed E-state index contributed by atoms with van der Waals surface area (Å²) in [5, 5.41) is 22.0. The Hall–Kier alpha value is -2.55. The lowest BCUT2D eigenvalue weighted by molar-refractivity contribution is 0.0697. The van der Waals surface area contributed by atoms with Gasteiger partial charge in [0, 0.05) is 13.2 Å². The Labute approximate surface area is 114 Å². The molecule has 20 heavy (non-hydrogen) atoms. The number of benzene rings is 1. The normalized spacial score (nSPS) is 11.2. The average molecular weight is 297 g/mol. The van der Waals surface area contributed by atoms with Crippen molar-refractivity contribution in [1.82, 2.24) is 9.78 Å². The molecule has 0 unspecified atom stereocenters. The third kappa shape index (κ3) is 2.72. The average Bonchev–Trinajstić information content (AvgIpc) is 2.78. The molecule has 0 saturated carbocycles. The molecule has 9 heteroatoms. The van der Waals surface area contributed by atoms with Gasteiger partial charge in [-0.1, -0.05) is 0 Å². The number of hydrogen-bond acceptors (Lipinski definition) is 5. The van der Waals surface area contributed by atoms with E-state index in [9.17, 15) is 18.3 Å². The van der Waals surface area contributed by atoms with Crippen LogP contribution >= 0.6 is 0 Å². The molecule has 0 spiro atoms. The number of nitrogens with one attached hydrogen (secondary N) is 1. The first-order valence-electron chi connectivity index (χ1n) is 5.37. The monoisotopic (exact) mass is 297 g/mol. The Balaban J connectivity index is 2.42. The zero-order chi connectivity index (χ0) is 14.9. The number of anilines is 1. The molecule has 0 saturated heterocycles. The van der Waals surface area contributed by atoms with Crippen molar-refractivity contribution >= 4 is 21.7 Å². The summed E-state index contributed by atoms with van der Waals surface area (Å²) in [5.74, 6) is -1.63. The third-order valence-electron chi connectivity index (χ3n) is 2.47. The molecule has 1 aromatic carbocycles. The van der Waals surface area contributed by atoms with Crippen molar-refractivity contribution in [3.8, 4) is 5.75 Å². The highest BCUT2D eigenvalue weighted by atomic mass is 32.2. The minimum Gasteiger partial charge on any atom is -0.508 e. The minimum absolute atomic E-state index is 0.0931. The van der Waals surface area contributed by atoms with E-state index >= 15 is 0 Å². The van der Waals surface area contributed by atoms with Crippen molar-refractivity contribution in [2.75, 3.05) is 4.72 Å². The Kier molecular flexibility index (Phi) is 3.36. The van der Waals surface area contributed by atoms with Gasteiger partial charge in [0.25, 0.3) is 10.0 Å². The maximum absolute atomic E-state index is 12.1. The highest BCUT2D eigenvalue weighted by Gasteiger charge is 2.20. The van der Waals surface area contributed by atoms with Gasteiger partial charge in [-0.3, -0.25) is 9.40 Å². The number of rotatable bonds is 4. The summed E-state index contributed by atoms with van der Waals surface area (Å²) in [5.41, 5.74) is -0.489. The number of nitrogens with zero attached hydrogens (tertiary/aromatic N) is 2. The van der Waals surface area contributed by atoms with Gasteiger partial charge in [0.2, 0.25) is 0 Å². The quantitative estimate of drug-likeness (QED) is 0.711. The van der Waals surface area contributed by atoms with Gasteiger partial charge in [-0.15, -0.1) is 0 Å². The molecular formula is C11H11N3O5S. The van der Waals surface area contributed by atoms with Gasteiger partial charge in [0.15, 0.2) is 0 Å². The van der Waals surface area contributed by atoms with Crippen molar-refractivity contribution < 1.29 is 23.4 Å². The second kappa shape index (κ2) is 4.85. The van der Waals surface area contributed by atoms with E-state index in [-0.39, 0.29) is 21.9 Å². The number of carboxylic acid groups (broad SMARTS) is 1. The van der Waals surface area contributed by atoms with Gasteiger partial charge in [-0.05, 0) is 18.2 Å². The van der Waals surface area contributed by atoms with Crippen molar-refractivity contribution in [2.45, 2.75) is 4.90 Å². The number of aromatic carboxylic acids is 1. The number of hydrogen-bond donors (Lipinski definition) is 3. The van der Waals surface area contributed by atoms with E-state index in [0.29, 0.717) is 0 Å². The summed E-state index contributed by atoms with van der Waals surface area (Å²) in [4.78, 5) is 10.9. The van der Waals surface area contributed by atoms with E-state index in [4.69, 9.17) is 5.11 Å². The van der Waals surface area contributed by atoms with Crippen LogP contribution in [0.3, 0.4) is 0 Å². The zero-order valence-corrected chi connectivity index (χ0v) is 11.1. The molecule has 1 heterocycles. The second-order valence-corrected chi connectivity index (χ2v) is 5.67. The highest BCUT2D eigenvalue weighted by molar-refractivity contribution is 7.92. The van der Waals surface area contributed by atoms with Gasteiger partial charge in [0.05, 0.1) is 17.4 Å². The van der Waals surface area contributed by atoms with E-state index in [0.717, 1.165) is 12.3 Å². The zero-order valence-electron chi connectivity index (χ0n) is 10.3. The van der Waals surface area contributed by atoms with E-state index in [1.165, 1.54) is 23.0 Å². The van der Waals surface area contributed by atoms with Crippen LogP contribution in [0.25, 0.3) is 0 Å². The molecule has 0 aliphatic carbocycles. The number of carboxylic acids is 1. The lowest BCUT2D eigenvalue weighted by atomic mass is 10.2. The molecule has 0 bridgehead atoms. The number of phenols is 1. The Morgan fingerprint density at radius 1 is 1.40 bits per heavy atom. The molecule has 0 fully saturated rings. The number of sulfonamides is 1. The lowest BCUT2D eigenvalue weighted by Crippen LogP contribution is -2.15. The number of carbonyl (C=O) groups is 1. The number of phenolic OH excluding ortho intramolecular Hbond substituents is 1. The molecule has 0 aliphatic heterocycles. The Morgan fingerprint density at radius 3 is 2.65 bits per heavy atom. The third-order valence-corrected chi connectivity index (χ3v) is 3.79. The van der Waals surface area contributed by atoms with Gasteiger partial charge in [-0.2, -0.15) is 5.10 Å². The van der Waals surface area contributed by atoms with Crippen LogP contribution in [0.1, 0.15) is 10.4 Å². The number of aryl methyl sites for hydroxylation is 1. The first-order chi connectivity index (χ1) is 9.29. The summed E-state index contributed by atoms with van der Waals surface area (Å²) in [7, 11) is -2.38. The fourth-order valence-electron chi connectivity index (χ4n) is 1.54. The molecule has 0 atom stereocenters. The summed E-state index contributed by atoms with van der Waals surface area (Å²) in [6, 6.07) is 3.32. The molecule has 0 radical (unpaired) electrons. The Bertz CT molecular complexity index is 766. The first kappa shape index (κ1) is 13.9. The SMILES string of the molecule is Cn1cc(S(=O)(=O)Nc2ccc(O)cc2C(=O)O)cn1. The van der Waals surface area contributed by atoms with E-state index in [2.05, 4.69) is 9.82 Å². The summed E-state index contributed by atoms with van der Waals surface area (Å²) in [6.45, 7) is 0. The van der Waals surface area contributed by atoms with Crippen LogP contribution in [0.15, 0.2) is 35.5 Å². The van der Waals surface area contributed by atoms with Crippen molar-refractivity contribution in [3.05, 3.63) is 36.2 Å². The van der Waals surface area contributed by atoms with Crippen LogP contribution in [0.5, 0.6) is 5.75 Å². The lowest BCUT2D eigenvalue weighted by Gasteiger charge is -2.09. The van der Waals surface area contributed by atoms with Gasteiger partial charge >= 0.3 is 5.97 Å². The highest BCUT2D eigenvalue weighted by Crippen LogP contribution is 2.24. The topological polar surface area (TPSA) is 122 Å². The van der Waals surface area contributed by atoms with E-state index in [1.54, 1.807) is 7.05 Å². The fourth-order valence-corrected chi connectivity index (χ4v) is 2.60. The predicted octanol–water partition coefficient (Wildman–Crippen LogP) is 0.625. The number of aromatic nitrogens is 2. The van der Waals surface area contributed by atoms with Gasteiger partial charge in [-0.25, -0.2) is 13.2 Å². The molecule has 8 nitrogen and oxygen atoms in total. The molecular weight excluding hydrogens is 286 g/mol. The first-order valence-corrected chi connectivity index (χ1v) is 6.86. The van der Waals surface area contributed by atoms with Crippen LogP contribution in [-0.4, -0.2) is 34.4 Å². The van der Waals surface area contributed by atoms with Crippen LogP contribution in [0, 0.1) is 0 Å². The van der Waals surface area contributed by atoms with Gasteiger partial charge in [0.1, 0.15) is 10.6 Å². The number of aromatic hydroxyl groups is 1. The minimum atomic E-state index is -3.94. The van der Waals surface area contributed by atoms with Crippen LogP contribution in [0.4, 0.5) is 5.69 Å². The molecule has 0 aliphatic rings. The van der Waals surface area contributed by atoms with E-state index in [1.807, 2.05) is 0 Å². The predicted molar refractivity (Wildman–Crippen MR) is 69.1 cm³/mol. The molecule has 2 rings (SSSR count). The maximum Gasteiger partial charge on any atom is 0.337 e. The standard InChI is InChI=1S/C11H11N3O5S/c1-14-6-8(5-12-14)20(18,19)13-10-3-2-7(15)4-9(10)11(16)17/h2-6,13,15H,1H3,(H,16,17). The van der Waals surface area contributed by atoms with E-state index < -0.39 is 16.0 Å². The smallest absolute Gasteiger partial charge is 0.337 e. The summed E-state index contributed by atoms with van der Waals surface area (Å²) < 4.78 is 27.6. The summed E-state index contributed by atoms with van der Waals surface area (Å²) >= 11 is 0. The van der Waals surface area contributed by atoms with Crippen LogP contribution in [0.2, 0.25) is 0 Å². The molecule has 3 N–H and O–H groups in total. The van der Waals surface area contributed by atoms with Crippen molar-refractivity contribution in [2.24, 2.45) is 7.05 Å². The van der Waals surface area contributed by atoms with Crippen LogP contribution in [-0.2, 0) is 17.1 Å². The van der Waals surface area contributed by atoms with Crippen molar-refractivity contribution in [3.63, 3.8) is 0 Å². The fraction of sp³-hybridized carbons (Fsp3) is 0.0909. The van der Waals surface area contributed by atoms with Crippen LogP contribution < -0.4 is 4.72 Å². The molecule has 106 valence electrons. The molecule has 2 aromatic rings. The largest absolute Gasteiger partial charge is 0.508 e. The second-order valence-electron chi connectivity index (χ2n) is 3.99. The Morgan fingerprint density at radius 2 is 2.10 bits per heavy atom.